The van der Waals surface area contributed by atoms with E-state index in [0.29, 0.717) is 15.4 Å². The predicted molar refractivity (Wildman–Crippen MR) is 71.2 cm³/mol. The van der Waals surface area contributed by atoms with Gasteiger partial charge in [-0.2, -0.15) is 0 Å². The van der Waals surface area contributed by atoms with Crippen LogP contribution >= 0.6 is 27.3 Å². The minimum Gasteiger partial charge on any atom is -0.464 e. The second-order valence-corrected chi connectivity index (χ2v) is 5.63. The molecular formula is C12H8BrF2NO2S. The number of aryl methyl sites for hydroxylation is 1. The van der Waals surface area contributed by atoms with Gasteiger partial charge in [0.2, 0.25) is 0 Å². The van der Waals surface area contributed by atoms with Gasteiger partial charge in [0.25, 0.3) is 0 Å². The Bertz CT molecular complexity index is 657. The van der Waals surface area contributed by atoms with Crippen LogP contribution in [0.1, 0.15) is 15.4 Å². The highest BCUT2D eigenvalue weighted by molar-refractivity contribution is 9.10. The van der Waals surface area contributed by atoms with Crippen LogP contribution in [0.4, 0.5) is 8.78 Å². The smallest absolute Gasteiger partial charge is 0.357 e. The highest BCUT2D eigenvalue weighted by atomic mass is 79.9. The molecule has 100 valence electrons. The molecule has 0 N–H and O–H groups in total. The average molecular weight is 348 g/mol. The lowest BCUT2D eigenvalue weighted by Crippen LogP contribution is -2.03. The van der Waals surface area contributed by atoms with Crippen LogP contribution in [0.2, 0.25) is 0 Å². The van der Waals surface area contributed by atoms with Gasteiger partial charge in [-0.25, -0.2) is 18.6 Å². The van der Waals surface area contributed by atoms with E-state index < -0.39 is 17.6 Å². The van der Waals surface area contributed by atoms with Crippen molar-refractivity contribution < 1.29 is 18.3 Å². The molecule has 7 heteroatoms. The van der Waals surface area contributed by atoms with E-state index in [9.17, 15) is 13.6 Å². The summed E-state index contributed by atoms with van der Waals surface area (Å²) in [7, 11) is 1.26. The zero-order valence-electron chi connectivity index (χ0n) is 9.96. The number of benzene rings is 1. The van der Waals surface area contributed by atoms with Crippen molar-refractivity contribution in [2.24, 2.45) is 0 Å². The fourth-order valence-electron chi connectivity index (χ4n) is 1.49. The molecule has 1 aromatic carbocycles. The molecule has 0 bridgehead atoms. The summed E-state index contributed by atoms with van der Waals surface area (Å²) < 4.78 is 31.1. The molecule has 1 aromatic heterocycles. The summed E-state index contributed by atoms with van der Waals surface area (Å²) in [6, 6.07) is 2.42. The highest BCUT2D eigenvalue weighted by Crippen LogP contribution is 2.35. The molecule has 0 saturated heterocycles. The summed E-state index contributed by atoms with van der Waals surface area (Å²) in [5, 5.41) is 0.420. The molecule has 0 fully saturated rings. The lowest BCUT2D eigenvalue weighted by atomic mass is 10.2. The largest absolute Gasteiger partial charge is 0.464 e. The van der Waals surface area contributed by atoms with Crippen molar-refractivity contribution >= 4 is 33.2 Å². The van der Waals surface area contributed by atoms with Gasteiger partial charge in [0, 0.05) is 10.4 Å². The first-order valence-electron chi connectivity index (χ1n) is 5.15. The quantitative estimate of drug-likeness (QED) is 0.610. The molecule has 0 amide bonds. The van der Waals surface area contributed by atoms with Crippen molar-refractivity contribution in [3.8, 4) is 10.6 Å². The lowest BCUT2D eigenvalue weighted by molar-refractivity contribution is 0.0594. The number of thiazole rings is 1. The van der Waals surface area contributed by atoms with Gasteiger partial charge in [-0.3, -0.25) is 0 Å². The van der Waals surface area contributed by atoms with Crippen molar-refractivity contribution in [1.82, 2.24) is 4.98 Å². The standard InChI is InChI=1S/C12H8BrF2NO2S/c1-5-10(12(17)18-2)16-11(19-5)6-3-4-7(14)9(15)8(6)13/h3-4H,1-2H3. The van der Waals surface area contributed by atoms with Crippen molar-refractivity contribution in [3.63, 3.8) is 0 Å². The van der Waals surface area contributed by atoms with Gasteiger partial charge in [-0.05, 0) is 35.0 Å². The number of methoxy groups -OCH3 is 1. The Morgan fingerprint density at radius 1 is 1.42 bits per heavy atom. The van der Waals surface area contributed by atoms with E-state index in [1.165, 1.54) is 24.5 Å². The number of halogens is 3. The SMILES string of the molecule is COC(=O)c1nc(-c2ccc(F)c(F)c2Br)sc1C. The van der Waals surface area contributed by atoms with E-state index in [-0.39, 0.29) is 10.2 Å². The molecule has 0 spiro atoms. The van der Waals surface area contributed by atoms with Crippen LogP contribution in [0.15, 0.2) is 16.6 Å². The monoisotopic (exact) mass is 347 g/mol. The molecule has 3 nitrogen and oxygen atoms in total. The number of nitrogens with zero attached hydrogens (tertiary/aromatic N) is 1. The first-order valence-corrected chi connectivity index (χ1v) is 6.76. The maximum absolute atomic E-state index is 13.5. The third-order valence-electron chi connectivity index (χ3n) is 2.44. The minimum absolute atomic E-state index is 0.0161. The Kier molecular flexibility index (Phi) is 3.96. The van der Waals surface area contributed by atoms with Crippen LogP contribution in [0, 0.1) is 18.6 Å². The molecule has 0 unspecified atom stereocenters. The number of hydrogen-bond acceptors (Lipinski definition) is 4. The van der Waals surface area contributed by atoms with Crippen LogP contribution < -0.4 is 0 Å². The number of esters is 1. The van der Waals surface area contributed by atoms with E-state index in [4.69, 9.17) is 0 Å². The number of aromatic nitrogens is 1. The molecule has 0 radical (unpaired) electrons. The van der Waals surface area contributed by atoms with Gasteiger partial charge < -0.3 is 4.74 Å². The zero-order chi connectivity index (χ0) is 14.2. The zero-order valence-corrected chi connectivity index (χ0v) is 12.4. The van der Waals surface area contributed by atoms with Crippen LogP contribution in [0.3, 0.4) is 0 Å². The van der Waals surface area contributed by atoms with Crippen LogP contribution in [-0.4, -0.2) is 18.1 Å². The number of carbonyl (C=O) groups excluding carboxylic acids is 1. The van der Waals surface area contributed by atoms with Crippen molar-refractivity contribution in [2.45, 2.75) is 6.92 Å². The normalized spacial score (nSPS) is 10.6. The number of hydrogen-bond donors (Lipinski definition) is 0. The van der Waals surface area contributed by atoms with Gasteiger partial charge in [-0.1, -0.05) is 0 Å². The van der Waals surface area contributed by atoms with Crippen molar-refractivity contribution in [2.75, 3.05) is 7.11 Å². The maximum Gasteiger partial charge on any atom is 0.357 e. The topological polar surface area (TPSA) is 39.2 Å². The summed E-state index contributed by atoms with van der Waals surface area (Å²) >= 11 is 4.20. The summed E-state index contributed by atoms with van der Waals surface area (Å²) in [5.74, 6) is -2.49. The predicted octanol–water partition coefficient (Wildman–Crippen LogP) is 3.95. The van der Waals surface area contributed by atoms with Gasteiger partial charge in [0.05, 0.1) is 11.6 Å². The molecule has 1 heterocycles. The number of carbonyl (C=O) groups is 1. The molecule has 19 heavy (non-hydrogen) atoms. The third kappa shape index (κ3) is 2.52. The number of rotatable bonds is 2. The van der Waals surface area contributed by atoms with Gasteiger partial charge >= 0.3 is 5.97 Å². The van der Waals surface area contributed by atoms with Crippen molar-refractivity contribution in [1.29, 1.82) is 0 Å². The van der Waals surface area contributed by atoms with Crippen LogP contribution in [-0.2, 0) is 4.74 Å². The Labute approximate surface area is 120 Å². The average Bonchev–Trinajstić information content (AvgIpc) is 2.77. The molecular weight excluding hydrogens is 340 g/mol. The van der Waals surface area contributed by atoms with E-state index >= 15 is 0 Å². The molecule has 0 aliphatic heterocycles. The van der Waals surface area contributed by atoms with E-state index in [0.717, 1.165) is 6.07 Å². The summed E-state index contributed by atoms with van der Waals surface area (Å²) in [4.78, 5) is 16.2. The molecule has 0 atom stereocenters. The van der Waals surface area contributed by atoms with E-state index in [1.807, 2.05) is 0 Å². The van der Waals surface area contributed by atoms with Gasteiger partial charge in [0.1, 0.15) is 5.01 Å². The summed E-state index contributed by atoms with van der Waals surface area (Å²) in [5.41, 5.74) is 0.571. The molecule has 2 aromatic rings. The highest BCUT2D eigenvalue weighted by Gasteiger charge is 2.20. The fourth-order valence-corrected chi connectivity index (χ4v) is 3.06. The molecule has 0 saturated carbocycles. The molecule has 2 rings (SSSR count). The molecule has 0 aliphatic carbocycles. The Morgan fingerprint density at radius 3 is 2.74 bits per heavy atom. The van der Waals surface area contributed by atoms with E-state index in [2.05, 4.69) is 25.7 Å². The molecule has 0 aliphatic rings. The Balaban J connectivity index is 2.55. The van der Waals surface area contributed by atoms with E-state index in [1.54, 1.807) is 6.92 Å². The fraction of sp³-hybridized carbons (Fsp3) is 0.167. The second-order valence-electron chi connectivity index (χ2n) is 3.64. The van der Waals surface area contributed by atoms with Crippen LogP contribution in [0.25, 0.3) is 10.6 Å². The van der Waals surface area contributed by atoms with Crippen LogP contribution in [0.5, 0.6) is 0 Å². The second kappa shape index (κ2) is 5.34. The maximum atomic E-state index is 13.5. The Morgan fingerprint density at radius 2 is 2.11 bits per heavy atom. The van der Waals surface area contributed by atoms with Gasteiger partial charge in [0.15, 0.2) is 17.3 Å². The van der Waals surface area contributed by atoms with Crippen molar-refractivity contribution in [3.05, 3.63) is 38.8 Å². The lowest BCUT2D eigenvalue weighted by Gasteiger charge is -2.02. The first kappa shape index (κ1) is 14.1. The van der Waals surface area contributed by atoms with Gasteiger partial charge in [-0.15, -0.1) is 11.3 Å². The summed E-state index contributed by atoms with van der Waals surface area (Å²) in [6.45, 7) is 1.71. The first-order chi connectivity index (χ1) is 8.95. The minimum atomic E-state index is -0.982. The Hall–Kier alpha value is -1.34. The number of ether oxygens (including phenoxy) is 1. The third-order valence-corrected chi connectivity index (χ3v) is 4.22. The summed E-state index contributed by atoms with van der Waals surface area (Å²) in [6.07, 6.45) is 0.